The lowest BCUT2D eigenvalue weighted by molar-refractivity contribution is -0.384. The van der Waals surface area contributed by atoms with Crippen LogP contribution >= 0.6 is 0 Å². The normalized spacial score (nSPS) is 10.7. The zero-order chi connectivity index (χ0) is 22.9. The molecule has 0 saturated heterocycles. The van der Waals surface area contributed by atoms with Gasteiger partial charge in [0.2, 0.25) is 0 Å². The summed E-state index contributed by atoms with van der Waals surface area (Å²) in [5, 5.41) is 22.9. The van der Waals surface area contributed by atoms with Gasteiger partial charge in [0.1, 0.15) is 29.7 Å². The third-order valence-electron chi connectivity index (χ3n) is 4.43. The summed E-state index contributed by atoms with van der Waals surface area (Å²) in [6, 6.07) is 21.7. The van der Waals surface area contributed by atoms with Gasteiger partial charge >= 0.3 is 0 Å². The number of nitriles is 1. The van der Waals surface area contributed by atoms with Crippen LogP contribution in [0.4, 0.5) is 11.4 Å². The molecule has 32 heavy (non-hydrogen) atoms. The summed E-state index contributed by atoms with van der Waals surface area (Å²) in [7, 11) is 1.55. The number of nitrogens with zero attached hydrogens (tertiary/aromatic N) is 2. The molecular weight excluding hydrogens is 410 g/mol. The Morgan fingerprint density at radius 3 is 2.41 bits per heavy atom. The van der Waals surface area contributed by atoms with E-state index >= 15 is 0 Å². The molecule has 0 aromatic heterocycles. The molecule has 0 unspecified atom stereocenters. The molecular formula is C24H19N3O5. The second kappa shape index (κ2) is 10.4. The molecule has 1 N–H and O–H groups in total. The highest BCUT2D eigenvalue weighted by Gasteiger charge is 2.10. The molecule has 3 aromatic carbocycles. The first-order chi connectivity index (χ1) is 15.5. The number of amides is 1. The van der Waals surface area contributed by atoms with E-state index in [0.29, 0.717) is 28.3 Å². The van der Waals surface area contributed by atoms with E-state index in [1.807, 2.05) is 6.07 Å². The monoisotopic (exact) mass is 429 g/mol. The largest absolute Gasteiger partial charge is 0.497 e. The smallest absolute Gasteiger partial charge is 0.269 e. The number of carbonyl (C=O) groups is 1. The minimum atomic E-state index is -0.524. The zero-order valence-corrected chi connectivity index (χ0v) is 17.1. The lowest BCUT2D eigenvalue weighted by Gasteiger charge is -2.07. The van der Waals surface area contributed by atoms with E-state index < -0.39 is 10.8 Å². The van der Waals surface area contributed by atoms with Crippen molar-refractivity contribution in [1.82, 2.24) is 0 Å². The fraction of sp³-hybridized carbons (Fsp3) is 0.0833. The Bertz CT molecular complexity index is 1180. The van der Waals surface area contributed by atoms with E-state index in [0.717, 1.165) is 0 Å². The van der Waals surface area contributed by atoms with Crippen molar-refractivity contribution in [1.29, 1.82) is 5.26 Å². The number of rotatable bonds is 8. The van der Waals surface area contributed by atoms with Crippen LogP contribution in [0.2, 0.25) is 0 Å². The molecule has 0 heterocycles. The zero-order valence-electron chi connectivity index (χ0n) is 17.1. The third-order valence-corrected chi connectivity index (χ3v) is 4.43. The van der Waals surface area contributed by atoms with Gasteiger partial charge in [0, 0.05) is 17.8 Å². The van der Waals surface area contributed by atoms with Crippen molar-refractivity contribution in [2.45, 2.75) is 6.61 Å². The molecule has 3 rings (SSSR count). The number of non-ortho nitro benzene ring substituents is 1. The van der Waals surface area contributed by atoms with Gasteiger partial charge < -0.3 is 14.8 Å². The highest BCUT2D eigenvalue weighted by atomic mass is 16.6. The van der Waals surface area contributed by atoms with Gasteiger partial charge in [-0.3, -0.25) is 14.9 Å². The van der Waals surface area contributed by atoms with Gasteiger partial charge in [-0.2, -0.15) is 5.26 Å². The fourth-order valence-corrected chi connectivity index (χ4v) is 2.77. The molecule has 0 fully saturated rings. The lowest BCUT2D eigenvalue weighted by atomic mass is 10.1. The quantitative estimate of drug-likeness (QED) is 0.240. The van der Waals surface area contributed by atoms with Crippen LogP contribution in [0.3, 0.4) is 0 Å². The van der Waals surface area contributed by atoms with Gasteiger partial charge in [0.25, 0.3) is 11.6 Å². The molecule has 0 atom stereocenters. The number of benzene rings is 3. The highest BCUT2D eigenvalue weighted by molar-refractivity contribution is 6.09. The van der Waals surface area contributed by atoms with Gasteiger partial charge in [0.15, 0.2) is 0 Å². The number of methoxy groups -OCH3 is 1. The number of carbonyl (C=O) groups excluding carboxylic acids is 1. The molecule has 0 aliphatic carbocycles. The SMILES string of the molecule is COc1ccc(NC(=O)/C(C#N)=C\c2ccc(OCc3cccc([N+](=O)[O-])c3)cc2)cc1. The van der Waals surface area contributed by atoms with Gasteiger partial charge in [-0.05, 0) is 53.6 Å². The van der Waals surface area contributed by atoms with Gasteiger partial charge in [-0.15, -0.1) is 0 Å². The average molecular weight is 429 g/mol. The molecule has 1 amide bonds. The molecule has 0 spiro atoms. The predicted octanol–water partition coefficient (Wildman–Crippen LogP) is 4.73. The fourth-order valence-electron chi connectivity index (χ4n) is 2.77. The van der Waals surface area contributed by atoms with Crippen LogP contribution in [0.5, 0.6) is 11.5 Å². The van der Waals surface area contributed by atoms with E-state index in [1.54, 1.807) is 67.8 Å². The molecule has 0 saturated carbocycles. The van der Waals surface area contributed by atoms with Crippen molar-refractivity contribution >= 4 is 23.4 Å². The number of anilines is 1. The minimum Gasteiger partial charge on any atom is -0.497 e. The van der Waals surface area contributed by atoms with Gasteiger partial charge in [-0.25, -0.2) is 0 Å². The maximum absolute atomic E-state index is 12.4. The Hall–Kier alpha value is -4.64. The number of hydrogen-bond acceptors (Lipinski definition) is 6. The third kappa shape index (κ3) is 5.93. The van der Waals surface area contributed by atoms with E-state index in [1.165, 1.54) is 18.2 Å². The number of nitro benzene ring substituents is 1. The summed E-state index contributed by atoms with van der Waals surface area (Å²) in [4.78, 5) is 22.8. The Morgan fingerprint density at radius 2 is 1.78 bits per heavy atom. The maximum Gasteiger partial charge on any atom is 0.269 e. The Balaban J connectivity index is 1.63. The molecule has 0 aliphatic rings. The van der Waals surface area contributed by atoms with Crippen molar-refractivity contribution in [3.05, 3.63) is 99.6 Å². The minimum absolute atomic E-state index is 0.00327. The van der Waals surface area contributed by atoms with Crippen molar-refractivity contribution in [2.24, 2.45) is 0 Å². The maximum atomic E-state index is 12.4. The summed E-state index contributed by atoms with van der Waals surface area (Å²) in [5.41, 5.74) is 1.82. The Kier molecular flexibility index (Phi) is 7.17. The van der Waals surface area contributed by atoms with Gasteiger partial charge in [-0.1, -0.05) is 24.3 Å². The van der Waals surface area contributed by atoms with Crippen LogP contribution in [0, 0.1) is 21.4 Å². The second-order valence-corrected chi connectivity index (χ2v) is 6.64. The Labute approximate surface area is 184 Å². The molecule has 0 radical (unpaired) electrons. The summed E-state index contributed by atoms with van der Waals surface area (Å²) < 4.78 is 10.7. The number of nitrogens with one attached hydrogen (secondary N) is 1. The summed E-state index contributed by atoms with van der Waals surface area (Å²) in [6.07, 6.45) is 1.48. The van der Waals surface area contributed by atoms with Crippen molar-refractivity contribution < 1.29 is 19.2 Å². The van der Waals surface area contributed by atoms with Crippen LogP contribution in [0.25, 0.3) is 6.08 Å². The lowest BCUT2D eigenvalue weighted by Crippen LogP contribution is -2.13. The first-order valence-electron chi connectivity index (χ1n) is 9.52. The van der Waals surface area contributed by atoms with E-state index in [4.69, 9.17) is 9.47 Å². The second-order valence-electron chi connectivity index (χ2n) is 6.64. The first-order valence-corrected chi connectivity index (χ1v) is 9.52. The number of nitro groups is 1. The van der Waals surface area contributed by atoms with Crippen LogP contribution < -0.4 is 14.8 Å². The molecule has 0 bridgehead atoms. The molecule has 8 nitrogen and oxygen atoms in total. The summed E-state index contributed by atoms with van der Waals surface area (Å²) >= 11 is 0. The van der Waals surface area contributed by atoms with Crippen LogP contribution in [-0.4, -0.2) is 17.9 Å². The molecule has 8 heteroatoms. The van der Waals surface area contributed by atoms with Crippen LogP contribution in [-0.2, 0) is 11.4 Å². The van der Waals surface area contributed by atoms with Crippen LogP contribution in [0.1, 0.15) is 11.1 Å². The van der Waals surface area contributed by atoms with Crippen LogP contribution in [0.15, 0.2) is 78.4 Å². The number of ether oxygens (including phenoxy) is 2. The van der Waals surface area contributed by atoms with Gasteiger partial charge in [0.05, 0.1) is 12.0 Å². The molecule has 0 aliphatic heterocycles. The summed E-state index contributed by atoms with van der Waals surface area (Å²) in [6.45, 7) is 0.171. The topological polar surface area (TPSA) is 114 Å². The molecule has 3 aromatic rings. The van der Waals surface area contributed by atoms with Crippen molar-refractivity contribution in [2.75, 3.05) is 12.4 Å². The van der Waals surface area contributed by atoms with Crippen molar-refractivity contribution in [3.8, 4) is 17.6 Å². The highest BCUT2D eigenvalue weighted by Crippen LogP contribution is 2.19. The predicted molar refractivity (Wildman–Crippen MR) is 119 cm³/mol. The molecule has 160 valence electrons. The summed E-state index contributed by atoms with van der Waals surface area (Å²) in [5.74, 6) is 0.686. The van der Waals surface area contributed by atoms with E-state index in [-0.39, 0.29) is 17.9 Å². The van der Waals surface area contributed by atoms with E-state index in [9.17, 15) is 20.2 Å². The average Bonchev–Trinajstić information content (AvgIpc) is 2.82. The van der Waals surface area contributed by atoms with Crippen molar-refractivity contribution in [3.63, 3.8) is 0 Å². The first kappa shape index (κ1) is 22.1. The standard InChI is InChI=1S/C24H19N3O5/c1-31-22-11-7-20(8-12-22)26-24(28)19(15-25)13-17-5-9-23(10-6-17)32-16-18-3-2-4-21(14-18)27(29)30/h2-14H,16H2,1H3,(H,26,28)/b19-13-. The number of hydrogen-bond donors (Lipinski definition) is 1. The Morgan fingerprint density at radius 1 is 1.09 bits per heavy atom. The van der Waals surface area contributed by atoms with E-state index in [2.05, 4.69) is 5.32 Å².